The molecular weight excluding hydrogens is 304 g/mol. The van der Waals surface area contributed by atoms with E-state index in [4.69, 9.17) is 4.74 Å². The van der Waals surface area contributed by atoms with Crippen LogP contribution in [0.5, 0.6) is 11.5 Å². The van der Waals surface area contributed by atoms with Crippen molar-refractivity contribution >= 4 is 11.6 Å². The zero-order valence-corrected chi connectivity index (χ0v) is 12.4. The highest BCUT2D eigenvalue weighted by atomic mass is 19.3. The summed E-state index contributed by atoms with van der Waals surface area (Å²) in [6, 6.07) is 11.9. The highest BCUT2D eigenvalue weighted by molar-refractivity contribution is 5.95. The molecule has 2 aromatic carbocycles. The van der Waals surface area contributed by atoms with Gasteiger partial charge >= 0.3 is 6.61 Å². The molecule has 6 heteroatoms. The van der Waals surface area contributed by atoms with Crippen LogP contribution in [0.1, 0.15) is 23.5 Å². The first kappa shape index (κ1) is 15.3. The Kier molecular flexibility index (Phi) is 4.14. The minimum absolute atomic E-state index is 0.0820. The number of hydrogen-bond acceptors (Lipinski definition) is 3. The Hall–Kier alpha value is -2.63. The lowest BCUT2D eigenvalue weighted by Gasteiger charge is -2.26. The summed E-state index contributed by atoms with van der Waals surface area (Å²) in [6.45, 7) is -2.88. The van der Waals surface area contributed by atoms with Crippen LogP contribution in [-0.2, 0) is 4.79 Å². The molecule has 0 aliphatic carbocycles. The Morgan fingerprint density at radius 1 is 1.17 bits per heavy atom. The molecule has 0 aromatic heterocycles. The first-order valence-corrected chi connectivity index (χ1v) is 7.09. The lowest BCUT2D eigenvalue weighted by Crippen LogP contribution is -2.23. The van der Waals surface area contributed by atoms with Crippen molar-refractivity contribution in [1.29, 1.82) is 0 Å². The number of hydrogen-bond donors (Lipinski definition) is 1. The predicted molar refractivity (Wildman–Crippen MR) is 81.2 cm³/mol. The first-order chi connectivity index (χ1) is 11.1. The Bertz CT molecular complexity index is 734. The number of rotatable bonds is 4. The van der Waals surface area contributed by atoms with Gasteiger partial charge in [-0.05, 0) is 29.3 Å². The molecular formula is C17H15F2NO3. The number of nitrogens with one attached hydrogen (secondary N) is 1. The van der Waals surface area contributed by atoms with Crippen molar-refractivity contribution in [2.45, 2.75) is 19.0 Å². The molecule has 0 saturated heterocycles. The average molecular weight is 319 g/mol. The molecule has 0 saturated carbocycles. The summed E-state index contributed by atoms with van der Waals surface area (Å²) in [5, 5.41) is 2.81. The molecule has 1 heterocycles. The molecule has 0 bridgehead atoms. The minimum Gasteiger partial charge on any atom is -0.497 e. The molecule has 4 nitrogen and oxygen atoms in total. The number of fused-ring (bicyclic) bond motifs is 1. The van der Waals surface area contributed by atoms with Crippen molar-refractivity contribution in [2.75, 3.05) is 12.4 Å². The largest absolute Gasteiger partial charge is 0.497 e. The van der Waals surface area contributed by atoms with Crippen molar-refractivity contribution in [3.8, 4) is 11.5 Å². The number of carbonyl (C=O) groups is 1. The van der Waals surface area contributed by atoms with E-state index in [1.54, 1.807) is 31.4 Å². The molecule has 3 rings (SSSR count). The number of methoxy groups -OCH3 is 1. The monoisotopic (exact) mass is 319 g/mol. The van der Waals surface area contributed by atoms with Gasteiger partial charge < -0.3 is 14.8 Å². The van der Waals surface area contributed by atoms with Crippen molar-refractivity contribution in [2.24, 2.45) is 0 Å². The molecule has 2 aromatic rings. The van der Waals surface area contributed by atoms with E-state index in [1.807, 2.05) is 12.1 Å². The number of carbonyl (C=O) groups excluding carboxylic acids is 1. The van der Waals surface area contributed by atoms with Gasteiger partial charge in [0.05, 0.1) is 7.11 Å². The van der Waals surface area contributed by atoms with Crippen molar-refractivity contribution in [1.82, 2.24) is 0 Å². The fourth-order valence-electron chi connectivity index (χ4n) is 2.78. The fraction of sp³-hybridized carbons (Fsp3) is 0.235. The number of alkyl halides is 2. The van der Waals surface area contributed by atoms with Crippen LogP contribution in [0.3, 0.4) is 0 Å². The topological polar surface area (TPSA) is 47.6 Å². The lowest BCUT2D eigenvalue weighted by molar-refractivity contribution is -0.116. The molecule has 0 spiro atoms. The van der Waals surface area contributed by atoms with E-state index in [9.17, 15) is 13.6 Å². The Balaban J connectivity index is 1.99. The summed E-state index contributed by atoms with van der Waals surface area (Å²) >= 11 is 0. The summed E-state index contributed by atoms with van der Waals surface area (Å²) in [6.07, 6.45) is 0.247. The molecule has 120 valence electrons. The lowest BCUT2D eigenvalue weighted by atomic mass is 9.84. The van der Waals surface area contributed by atoms with E-state index in [2.05, 4.69) is 10.1 Å². The van der Waals surface area contributed by atoms with Crippen LogP contribution in [0.2, 0.25) is 0 Å². The molecule has 1 aliphatic heterocycles. The minimum atomic E-state index is -2.88. The third kappa shape index (κ3) is 3.26. The molecule has 1 atom stereocenters. The van der Waals surface area contributed by atoms with E-state index in [0.29, 0.717) is 11.4 Å². The molecule has 1 aliphatic rings. The van der Waals surface area contributed by atoms with Gasteiger partial charge in [0.15, 0.2) is 0 Å². The summed E-state index contributed by atoms with van der Waals surface area (Å²) in [7, 11) is 1.55. The molecule has 1 amide bonds. The predicted octanol–water partition coefficient (Wildman–Crippen LogP) is 3.77. The van der Waals surface area contributed by atoms with Crippen LogP contribution in [0.15, 0.2) is 42.5 Å². The number of anilines is 1. The van der Waals surface area contributed by atoms with E-state index in [1.165, 1.54) is 6.07 Å². The number of benzene rings is 2. The van der Waals surface area contributed by atoms with Gasteiger partial charge in [-0.3, -0.25) is 4.79 Å². The average Bonchev–Trinajstić information content (AvgIpc) is 2.53. The third-order valence-corrected chi connectivity index (χ3v) is 3.79. The second-order valence-corrected chi connectivity index (χ2v) is 5.21. The van der Waals surface area contributed by atoms with Crippen LogP contribution in [0, 0.1) is 0 Å². The smallest absolute Gasteiger partial charge is 0.387 e. The number of ether oxygens (including phenoxy) is 2. The van der Waals surface area contributed by atoms with Crippen LogP contribution >= 0.6 is 0 Å². The summed E-state index contributed by atoms with van der Waals surface area (Å²) < 4.78 is 34.4. The first-order valence-electron chi connectivity index (χ1n) is 7.09. The second kappa shape index (κ2) is 6.24. The highest BCUT2D eigenvalue weighted by Gasteiger charge is 2.27. The Morgan fingerprint density at radius 2 is 2.00 bits per heavy atom. The number of halogens is 2. The fourth-order valence-corrected chi connectivity index (χ4v) is 2.78. The molecule has 0 radical (unpaired) electrons. The van der Waals surface area contributed by atoms with E-state index in [0.717, 1.165) is 11.1 Å². The van der Waals surface area contributed by atoms with Gasteiger partial charge in [0.2, 0.25) is 5.91 Å². The van der Waals surface area contributed by atoms with E-state index in [-0.39, 0.29) is 24.0 Å². The Labute approximate surface area is 132 Å². The zero-order chi connectivity index (χ0) is 16.4. The van der Waals surface area contributed by atoms with Gasteiger partial charge in [0.25, 0.3) is 0 Å². The van der Waals surface area contributed by atoms with Crippen LogP contribution in [0.4, 0.5) is 14.5 Å². The van der Waals surface area contributed by atoms with Gasteiger partial charge in [-0.2, -0.15) is 8.78 Å². The quantitative estimate of drug-likeness (QED) is 0.933. The van der Waals surface area contributed by atoms with Gasteiger partial charge in [0, 0.05) is 24.1 Å². The molecule has 0 fully saturated rings. The van der Waals surface area contributed by atoms with Crippen LogP contribution in [0.25, 0.3) is 0 Å². The molecule has 23 heavy (non-hydrogen) atoms. The van der Waals surface area contributed by atoms with Gasteiger partial charge in [-0.25, -0.2) is 0 Å². The van der Waals surface area contributed by atoms with Crippen molar-refractivity contribution < 1.29 is 23.0 Å². The van der Waals surface area contributed by atoms with Gasteiger partial charge in [-0.15, -0.1) is 0 Å². The molecule has 1 unspecified atom stereocenters. The van der Waals surface area contributed by atoms with Gasteiger partial charge in [0.1, 0.15) is 11.5 Å². The SMILES string of the molecule is COc1ccc2c(c1)NC(=O)CC2c1cccc(OC(F)F)c1. The van der Waals surface area contributed by atoms with Crippen molar-refractivity contribution in [3.63, 3.8) is 0 Å². The maximum atomic E-state index is 12.4. The standard InChI is InChI=1S/C17H15F2NO3/c1-22-11-5-6-13-14(9-16(21)20-15(13)8-11)10-3-2-4-12(7-10)23-17(18)19/h2-8,14,17H,9H2,1H3,(H,20,21). The zero-order valence-electron chi connectivity index (χ0n) is 12.4. The normalized spacial score (nSPS) is 16.7. The van der Waals surface area contributed by atoms with Gasteiger partial charge in [-0.1, -0.05) is 18.2 Å². The molecule has 1 N–H and O–H groups in total. The van der Waals surface area contributed by atoms with Crippen molar-refractivity contribution in [3.05, 3.63) is 53.6 Å². The van der Waals surface area contributed by atoms with E-state index >= 15 is 0 Å². The third-order valence-electron chi connectivity index (χ3n) is 3.79. The van der Waals surface area contributed by atoms with E-state index < -0.39 is 6.61 Å². The van der Waals surface area contributed by atoms with Crippen LogP contribution < -0.4 is 14.8 Å². The maximum Gasteiger partial charge on any atom is 0.387 e. The summed E-state index contributed by atoms with van der Waals surface area (Å²) in [5.41, 5.74) is 2.34. The van der Waals surface area contributed by atoms with Crippen LogP contribution in [-0.4, -0.2) is 19.6 Å². The maximum absolute atomic E-state index is 12.4. The number of amides is 1. The summed E-state index contributed by atoms with van der Waals surface area (Å²) in [4.78, 5) is 12.0. The Morgan fingerprint density at radius 3 is 2.74 bits per heavy atom. The second-order valence-electron chi connectivity index (χ2n) is 5.21. The summed E-state index contributed by atoms with van der Waals surface area (Å²) in [5.74, 6) is 0.375. The highest BCUT2D eigenvalue weighted by Crippen LogP contribution is 2.39.